The van der Waals surface area contributed by atoms with Gasteiger partial charge in [-0.1, -0.05) is 0 Å². The molecule has 1 aromatic carbocycles. The lowest BCUT2D eigenvalue weighted by Crippen LogP contribution is -2.55. The molecular weight excluding hydrogens is 454 g/mol. The third-order valence-electron chi connectivity index (χ3n) is 6.22. The minimum absolute atomic E-state index is 0.211. The highest BCUT2D eigenvalue weighted by Gasteiger charge is 2.30. The summed E-state index contributed by atoms with van der Waals surface area (Å²) in [5.41, 5.74) is 5.77. The molecule has 11 nitrogen and oxygen atoms in total. The fourth-order valence-corrected chi connectivity index (χ4v) is 4.11. The number of nitrogens with two attached hydrogens (primary N) is 1. The summed E-state index contributed by atoms with van der Waals surface area (Å²) < 4.78 is 5.80. The maximum absolute atomic E-state index is 12.8. The van der Waals surface area contributed by atoms with E-state index in [-0.39, 0.29) is 30.6 Å². The average molecular weight is 490 g/mol. The van der Waals surface area contributed by atoms with Crippen LogP contribution in [-0.2, 0) is 4.79 Å². The van der Waals surface area contributed by atoms with Crippen LogP contribution in [0.5, 0.6) is 5.75 Å². The Morgan fingerprint density at radius 2 is 1.74 bits per heavy atom. The molecule has 1 saturated carbocycles. The van der Waals surface area contributed by atoms with Gasteiger partial charge in [0.15, 0.2) is 5.78 Å². The van der Waals surface area contributed by atoms with Crippen LogP contribution in [-0.4, -0.2) is 90.6 Å². The van der Waals surface area contributed by atoms with Gasteiger partial charge in [-0.05, 0) is 56.4 Å². The number of rotatable bonds is 13. The number of hydrogen-bond donors (Lipinski definition) is 4. The Balaban J connectivity index is 1.33. The molecule has 0 radical (unpaired) electrons. The summed E-state index contributed by atoms with van der Waals surface area (Å²) in [6, 6.07) is 5.82. The molecule has 3 rings (SSSR count). The monoisotopic (exact) mass is 489 g/mol. The standard InChI is InChI=1S/C24H35N5O6/c25-23(32)26-10-1-3-20(27-24(33)34)22(31)29-14-12-28(13-15-29)11-2-16-35-19-8-6-18(7-9-19)21(30)17-4-5-17/h6-9,17,20,27H,1-5,10-16H2,(H,33,34)(H3,25,26,32)/t20-/m1/s1. The van der Waals surface area contributed by atoms with Gasteiger partial charge in [0.25, 0.3) is 0 Å². The lowest BCUT2D eigenvalue weighted by atomic mass is 10.1. The first-order valence-electron chi connectivity index (χ1n) is 12.1. The van der Waals surface area contributed by atoms with E-state index >= 15 is 0 Å². The van der Waals surface area contributed by atoms with E-state index in [4.69, 9.17) is 15.6 Å². The Kier molecular flexibility index (Phi) is 9.71. The second-order valence-corrected chi connectivity index (χ2v) is 8.97. The summed E-state index contributed by atoms with van der Waals surface area (Å²) in [6.45, 7) is 4.11. The van der Waals surface area contributed by atoms with E-state index in [1.807, 2.05) is 24.3 Å². The van der Waals surface area contributed by atoms with Gasteiger partial charge in [-0.2, -0.15) is 0 Å². The molecule has 1 aliphatic carbocycles. The largest absolute Gasteiger partial charge is 0.494 e. The third kappa shape index (κ3) is 8.75. The maximum Gasteiger partial charge on any atom is 0.405 e. The van der Waals surface area contributed by atoms with Gasteiger partial charge in [-0.3, -0.25) is 14.5 Å². The minimum atomic E-state index is -1.26. The SMILES string of the molecule is NC(=O)NCCC[C@@H](NC(=O)O)C(=O)N1CCN(CCCOc2ccc(C(=O)C3CC3)cc2)CC1. The molecule has 2 aliphatic rings. The van der Waals surface area contributed by atoms with Gasteiger partial charge in [0.05, 0.1) is 6.61 Å². The number of carbonyl (C=O) groups is 4. The van der Waals surface area contributed by atoms with Crippen LogP contribution >= 0.6 is 0 Å². The van der Waals surface area contributed by atoms with Gasteiger partial charge in [-0.25, -0.2) is 9.59 Å². The molecule has 11 heteroatoms. The number of carbonyl (C=O) groups excluding carboxylic acids is 3. The Hall–Kier alpha value is -3.34. The minimum Gasteiger partial charge on any atom is -0.494 e. The van der Waals surface area contributed by atoms with Crippen molar-refractivity contribution in [3.8, 4) is 5.75 Å². The lowest BCUT2D eigenvalue weighted by molar-refractivity contribution is -0.135. The number of nitrogens with zero attached hydrogens (tertiary/aromatic N) is 2. The lowest BCUT2D eigenvalue weighted by Gasteiger charge is -2.36. The number of primary amides is 1. The van der Waals surface area contributed by atoms with Crippen LogP contribution < -0.4 is 21.1 Å². The first-order valence-corrected chi connectivity index (χ1v) is 12.1. The Morgan fingerprint density at radius 1 is 1.06 bits per heavy atom. The van der Waals surface area contributed by atoms with Crippen molar-refractivity contribution in [2.75, 3.05) is 45.9 Å². The molecule has 1 heterocycles. The fraction of sp³-hybridized carbons (Fsp3) is 0.583. The van der Waals surface area contributed by atoms with Crippen LogP contribution in [0.3, 0.4) is 0 Å². The quantitative estimate of drug-likeness (QED) is 0.240. The number of ketones is 1. The van der Waals surface area contributed by atoms with Crippen molar-refractivity contribution in [1.82, 2.24) is 20.4 Å². The third-order valence-corrected chi connectivity index (χ3v) is 6.22. The van der Waals surface area contributed by atoms with E-state index in [1.165, 1.54) is 0 Å². The predicted octanol–water partition coefficient (Wildman–Crippen LogP) is 1.28. The van der Waals surface area contributed by atoms with Crippen LogP contribution in [0, 0.1) is 5.92 Å². The van der Waals surface area contributed by atoms with E-state index < -0.39 is 18.2 Å². The van der Waals surface area contributed by atoms with Crippen molar-refractivity contribution in [2.24, 2.45) is 11.7 Å². The molecule has 1 saturated heterocycles. The molecular formula is C24H35N5O6. The van der Waals surface area contributed by atoms with E-state index in [9.17, 15) is 19.2 Å². The molecule has 35 heavy (non-hydrogen) atoms. The summed E-state index contributed by atoms with van der Waals surface area (Å²) in [4.78, 5) is 50.7. The van der Waals surface area contributed by atoms with Crippen LogP contribution in [0.15, 0.2) is 24.3 Å². The molecule has 0 aromatic heterocycles. The zero-order valence-corrected chi connectivity index (χ0v) is 19.9. The number of benzene rings is 1. The summed E-state index contributed by atoms with van der Waals surface area (Å²) in [6.07, 6.45) is 2.27. The highest BCUT2D eigenvalue weighted by atomic mass is 16.5. The van der Waals surface area contributed by atoms with Crippen molar-refractivity contribution in [1.29, 1.82) is 0 Å². The Labute approximate surface area is 205 Å². The van der Waals surface area contributed by atoms with E-state index in [0.717, 1.165) is 37.1 Å². The van der Waals surface area contributed by atoms with Gasteiger partial charge in [0.1, 0.15) is 11.8 Å². The zero-order valence-electron chi connectivity index (χ0n) is 19.9. The number of amides is 4. The molecule has 2 fully saturated rings. The van der Waals surface area contributed by atoms with Gasteiger partial charge in [-0.15, -0.1) is 0 Å². The smallest absolute Gasteiger partial charge is 0.405 e. The van der Waals surface area contributed by atoms with Crippen LogP contribution in [0.1, 0.15) is 42.5 Å². The number of ether oxygens (including phenoxy) is 1. The molecule has 0 spiro atoms. The van der Waals surface area contributed by atoms with Crippen molar-refractivity contribution < 1.29 is 29.0 Å². The van der Waals surface area contributed by atoms with Crippen molar-refractivity contribution in [3.63, 3.8) is 0 Å². The van der Waals surface area contributed by atoms with Crippen molar-refractivity contribution in [2.45, 2.75) is 38.1 Å². The van der Waals surface area contributed by atoms with Gasteiger partial charge in [0.2, 0.25) is 5.91 Å². The number of carboxylic acid groups (broad SMARTS) is 1. The Bertz CT molecular complexity index is 881. The summed E-state index contributed by atoms with van der Waals surface area (Å²) in [5.74, 6) is 0.926. The molecule has 4 amide bonds. The van der Waals surface area contributed by atoms with Gasteiger partial charge >= 0.3 is 12.1 Å². The normalized spacial score (nSPS) is 16.9. The topological polar surface area (TPSA) is 154 Å². The molecule has 1 aromatic rings. The van der Waals surface area contributed by atoms with E-state index in [0.29, 0.717) is 39.2 Å². The molecule has 5 N–H and O–H groups in total. The number of nitrogens with one attached hydrogen (secondary N) is 2. The van der Waals surface area contributed by atoms with Crippen LogP contribution in [0.25, 0.3) is 0 Å². The Morgan fingerprint density at radius 3 is 2.34 bits per heavy atom. The van der Waals surface area contributed by atoms with Crippen molar-refractivity contribution in [3.05, 3.63) is 29.8 Å². The predicted molar refractivity (Wildman–Crippen MR) is 128 cm³/mol. The zero-order chi connectivity index (χ0) is 25.2. The van der Waals surface area contributed by atoms with Crippen LogP contribution in [0.2, 0.25) is 0 Å². The number of urea groups is 1. The first kappa shape index (κ1) is 26.3. The first-order chi connectivity index (χ1) is 16.8. The molecule has 1 atom stereocenters. The van der Waals surface area contributed by atoms with Crippen LogP contribution in [0.4, 0.5) is 9.59 Å². The van der Waals surface area contributed by atoms with Crippen molar-refractivity contribution >= 4 is 23.8 Å². The van der Waals surface area contributed by atoms with E-state index in [1.54, 1.807) is 4.90 Å². The highest BCUT2D eigenvalue weighted by molar-refractivity contribution is 5.99. The maximum atomic E-state index is 12.8. The summed E-state index contributed by atoms with van der Waals surface area (Å²) >= 11 is 0. The second-order valence-electron chi connectivity index (χ2n) is 8.97. The highest BCUT2D eigenvalue weighted by Crippen LogP contribution is 2.32. The number of Topliss-reactive ketones (excluding diaryl/α,β-unsaturated/α-hetero) is 1. The molecule has 192 valence electrons. The summed E-state index contributed by atoms with van der Waals surface area (Å²) in [7, 11) is 0. The number of piperazine rings is 1. The average Bonchev–Trinajstić information content (AvgIpc) is 3.69. The van der Waals surface area contributed by atoms with Gasteiger partial charge in [0, 0.05) is 50.7 Å². The summed E-state index contributed by atoms with van der Waals surface area (Å²) in [5, 5.41) is 13.8. The fourth-order valence-electron chi connectivity index (χ4n) is 4.11. The second kappa shape index (κ2) is 12.9. The van der Waals surface area contributed by atoms with E-state index in [2.05, 4.69) is 15.5 Å². The molecule has 1 aliphatic heterocycles. The van der Waals surface area contributed by atoms with Gasteiger partial charge < -0.3 is 31.1 Å². The molecule has 0 bridgehead atoms. The number of hydrogen-bond acceptors (Lipinski definition) is 6. The molecule has 0 unspecified atom stereocenters.